The molecule has 1 atom stereocenters. The van der Waals surface area contributed by atoms with Crippen molar-refractivity contribution in [3.05, 3.63) is 59.4 Å². The minimum absolute atomic E-state index is 0.0169. The molecule has 0 saturated carbocycles. The zero-order valence-electron chi connectivity index (χ0n) is 19.4. The standard InChI is InChI=1S/C21H24F2N2O.C5H11N/c1-15(26)20-8-3-17(14-24-20)13-16-9-11-25(12-10-16)19-6-4-18(5-7-19)21(2,22)23;1-5-2-3-6-4-5/h3-8,14,16H,9-13H2,1-2H3;5-6H,2-4H2,1H3/t;5-/m.1/s1. The second-order valence-electron chi connectivity index (χ2n) is 9.28. The predicted molar refractivity (Wildman–Crippen MR) is 126 cm³/mol. The lowest BCUT2D eigenvalue weighted by atomic mass is 9.90. The van der Waals surface area contributed by atoms with E-state index in [0.717, 1.165) is 56.4 Å². The van der Waals surface area contributed by atoms with Crippen molar-refractivity contribution in [2.45, 2.75) is 52.4 Å². The van der Waals surface area contributed by atoms with Crippen molar-refractivity contribution in [2.24, 2.45) is 11.8 Å². The minimum Gasteiger partial charge on any atom is -0.372 e. The number of carbonyl (C=O) groups is 1. The molecule has 4 nitrogen and oxygen atoms in total. The summed E-state index contributed by atoms with van der Waals surface area (Å²) in [6, 6.07) is 10.4. The fourth-order valence-electron chi connectivity index (χ4n) is 4.25. The number of carbonyl (C=O) groups excluding carboxylic acids is 1. The van der Waals surface area contributed by atoms with Crippen LogP contribution >= 0.6 is 0 Å². The first-order chi connectivity index (χ1) is 15.2. The molecule has 0 amide bonds. The summed E-state index contributed by atoms with van der Waals surface area (Å²) in [7, 11) is 0. The fourth-order valence-corrected chi connectivity index (χ4v) is 4.25. The van der Waals surface area contributed by atoms with Crippen molar-refractivity contribution in [2.75, 3.05) is 31.1 Å². The minimum atomic E-state index is -2.79. The number of pyridine rings is 1. The molecule has 174 valence electrons. The molecule has 1 aromatic carbocycles. The smallest absolute Gasteiger partial charge is 0.270 e. The molecule has 32 heavy (non-hydrogen) atoms. The number of anilines is 1. The van der Waals surface area contributed by atoms with E-state index in [1.54, 1.807) is 24.4 Å². The van der Waals surface area contributed by atoms with E-state index in [1.807, 2.05) is 6.07 Å². The number of nitrogens with one attached hydrogen (secondary N) is 1. The third kappa shape index (κ3) is 7.09. The van der Waals surface area contributed by atoms with E-state index in [9.17, 15) is 13.6 Å². The van der Waals surface area contributed by atoms with E-state index in [4.69, 9.17) is 0 Å². The Balaban J connectivity index is 0.000000416. The number of nitrogens with zero attached hydrogens (tertiary/aromatic N) is 2. The lowest BCUT2D eigenvalue weighted by molar-refractivity contribution is 0.0175. The highest BCUT2D eigenvalue weighted by molar-refractivity contribution is 5.91. The van der Waals surface area contributed by atoms with Crippen LogP contribution in [0, 0.1) is 11.8 Å². The van der Waals surface area contributed by atoms with Gasteiger partial charge in [0.25, 0.3) is 5.92 Å². The Bertz CT molecular complexity index is 848. The molecule has 2 aliphatic rings. The van der Waals surface area contributed by atoms with Gasteiger partial charge >= 0.3 is 0 Å². The van der Waals surface area contributed by atoms with Gasteiger partial charge in [0.2, 0.25) is 0 Å². The third-order valence-electron chi connectivity index (χ3n) is 6.37. The number of rotatable bonds is 5. The molecule has 2 aromatic rings. The Morgan fingerprint density at radius 1 is 1.12 bits per heavy atom. The van der Waals surface area contributed by atoms with Crippen LogP contribution in [0.25, 0.3) is 0 Å². The maximum Gasteiger partial charge on any atom is 0.270 e. The maximum atomic E-state index is 13.3. The van der Waals surface area contributed by atoms with Gasteiger partial charge < -0.3 is 10.2 Å². The maximum absolute atomic E-state index is 13.3. The van der Waals surface area contributed by atoms with Gasteiger partial charge in [0.1, 0.15) is 5.69 Å². The lowest BCUT2D eigenvalue weighted by Crippen LogP contribution is -2.34. The Hall–Kier alpha value is -2.34. The molecule has 1 aromatic heterocycles. The van der Waals surface area contributed by atoms with Gasteiger partial charge in [0.15, 0.2) is 5.78 Å². The number of ketones is 1. The normalized spacial score (nSPS) is 19.4. The van der Waals surface area contributed by atoms with Crippen LogP contribution < -0.4 is 10.2 Å². The molecule has 2 saturated heterocycles. The van der Waals surface area contributed by atoms with Crippen LogP contribution in [0.2, 0.25) is 0 Å². The van der Waals surface area contributed by atoms with Gasteiger partial charge in [-0.15, -0.1) is 0 Å². The fraction of sp³-hybridized carbons (Fsp3) is 0.538. The topological polar surface area (TPSA) is 45.2 Å². The summed E-state index contributed by atoms with van der Waals surface area (Å²) in [5.74, 6) is -1.30. The molecule has 3 heterocycles. The van der Waals surface area contributed by atoms with Crippen LogP contribution in [0.3, 0.4) is 0 Å². The van der Waals surface area contributed by atoms with Gasteiger partial charge in [-0.1, -0.05) is 25.1 Å². The number of hydrogen-bond acceptors (Lipinski definition) is 4. The van der Waals surface area contributed by atoms with Gasteiger partial charge in [-0.2, -0.15) is 0 Å². The average molecular weight is 444 g/mol. The number of alkyl halides is 2. The van der Waals surface area contributed by atoms with Crippen LogP contribution in [-0.2, 0) is 12.3 Å². The number of Topliss-reactive ketones (excluding diaryl/α,β-unsaturated/α-hetero) is 1. The Kier molecular flexibility index (Phi) is 8.35. The summed E-state index contributed by atoms with van der Waals surface area (Å²) in [6.07, 6.45) is 6.24. The number of hydrogen-bond donors (Lipinski definition) is 1. The number of halogens is 2. The Morgan fingerprint density at radius 2 is 1.81 bits per heavy atom. The molecule has 1 N–H and O–H groups in total. The summed E-state index contributed by atoms with van der Waals surface area (Å²) in [6.45, 7) is 9.04. The Labute approximate surface area is 190 Å². The van der Waals surface area contributed by atoms with Gasteiger partial charge in [-0.05, 0) is 74.4 Å². The number of aromatic nitrogens is 1. The van der Waals surface area contributed by atoms with E-state index in [1.165, 1.54) is 38.6 Å². The van der Waals surface area contributed by atoms with Crippen molar-refractivity contribution >= 4 is 11.5 Å². The third-order valence-corrected chi connectivity index (χ3v) is 6.37. The summed E-state index contributed by atoms with van der Waals surface area (Å²) in [5.41, 5.74) is 2.72. The molecule has 0 radical (unpaired) electrons. The van der Waals surface area contributed by atoms with Crippen molar-refractivity contribution < 1.29 is 13.6 Å². The van der Waals surface area contributed by atoms with Gasteiger partial charge in [-0.25, -0.2) is 8.78 Å². The molecule has 2 aliphatic heterocycles. The molecule has 2 fully saturated rings. The molecule has 0 bridgehead atoms. The number of piperidine rings is 1. The monoisotopic (exact) mass is 443 g/mol. The SMILES string of the molecule is CC(=O)c1ccc(CC2CCN(c3ccc(C(C)(F)F)cc3)CC2)cn1.C[C@@H]1CCNC1. The zero-order chi connectivity index (χ0) is 23.1. The van der Waals surface area contributed by atoms with Crippen LogP contribution in [0.5, 0.6) is 0 Å². The van der Waals surface area contributed by atoms with Crippen LogP contribution in [-0.4, -0.2) is 36.9 Å². The van der Waals surface area contributed by atoms with Crippen molar-refractivity contribution in [3.8, 4) is 0 Å². The van der Waals surface area contributed by atoms with Crippen molar-refractivity contribution in [3.63, 3.8) is 0 Å². The summed E-state index contributed by atoms with van der Waals surface area (Å²) < 4.78 is 26.6. The molecule has 0 aliphatic carbocycles. The van der Waals surface area contributed by atoms with Crippen molar-refractivity contribution in [1.82, 2.24) is 10.3 Å². The van der Waals surface area contributed by atoms with E-state index in [-0.39, 0.29) is 11.3 Å². The largest absolute Gasteiger partial charge is 0.372 e. The summed E-state index contributed by atoms with van der Waals surface area (Å²) in [4.78, 5) is 17.8. The highest BCUT2D eigenvalue weighted by Gasteiger charge is 2.25. The molecular weight excluding hydrogens is 408 g/mol. The van der Waals surface area contributed by atoms with Crippen LogP contribution in [0.15, 0.2) is 42.6 Å². The molecule has 6 heteroatoms. The van der Waals surface area contributed by atoms with Gasteiger partial charge in [0.05, 0.1) is 0 Å². The average Bonchev–Trinajstić information content (AvgIpc) is 3.25. The van der Waals surface area contributed by atoms with E-state index >= 15 is 0 Å². The first-order valence-corrected chi connectivity index (χ1v) is 11.6. The molecule has 4 rings (SSSR count). The van der Waals surface area contributed by atoms with E-state index in [0.29, 0.717) is 11.6 Å². The van der Waals surface area contributed by atoms with Crippen LogP contribution in [0.4, 0.5) is 14.5 Å². The quantitative estimate of drug-likeness (QED) is 0.623. The zero-order valence-corrected chi connectivity index (χ0v) is 19.4. The van der Waals surface area contributed by atoms with E-state index < -0.39 is 5.92 Å². The summed E-state index contributed by atoms with van der Waals surface area (Å²) in [5, 5.41) is 3.27. The van der Waals surface area contributed by atoms with Crippen molar-refractivity contribution in [1.29, 1.82) is 0 Å². The highest BCUT2D eigenvalue weighted by atomic mass is 19.3. The lowest BCUT2D eigenvalue weighted by Gasteiger charge is -2.34. The predicted octanol–water partition coefficient (Wildman–Crippen LogP) is 5.47. The Morgan fingerprint density at radius 3 is 2.25 bits per heavy atom. The van der Waals surface area contributed by atoms with Crippen LogP contribution in [0.1, 0.15) is 61.6 Å². The van der Waals surface area contributed by atoms with E-state index in [2.05, 4.69) is 22.1 Å². The second kappa shape index (κ2) is 11.0. The molecule has 0 unspecified atom stereocenters. The number of benzene rings is 1. The first kappa shape index (κ1) is 24.3. The van der Waals surface area contributed by atoms with Gasteiger partial charge in [-0.3, -0.25) is 9.78 Å². The second-order valence-corrected chi connectivity index (χ2v) is 9.28. The highest BCUT2D eigenvalue weighted by Crippen LogP contribution is 2.30. The van der Waals surface area contributed by atoms with Gasteiger partial charge in [0, 0.05) is 44.4 Å². The molecular formula is C26H35F2N3O. The first-order valence-electron chi connectivity index (χ1n) is 11.6. The summed E-state index contributed by atoms with van der Waals surface area (Å²) >= 11 is 0. The molecule has 0 spiro atoms.